The molecule has 4 saturated carbocycles. The van der Waals surface area contributed by atoms with Gasteiger partial charge in [0.05, 0.1) is 11.7 Å². The molecule has 6 aliphatic rings. The number of amides is 2. The van der Waals surface area contributed by atoms with Gasteiger partial charge in [-0.3, -0.25) is 4.90 Å². The highest BCUT2D eigenvalue weighted by Crippen LogP contribution is 2.69. The molecular weight excluding hydrogens is 496 g/mol. The fourth-order valence-corrected chi connectivity index (χ4v) is 10.0. The van der Waals surface area contributed by atoms with Gasteiger partial charge in [-0.1, -0.05) is 13.8 Å². The standard InChI is InChI=1S/C30H48N4O5/c1-28-7-5-21(33-27(37)32-11-14-34-12-9-31-10-13-34)16-20(28)3-4-23-24(28)17-25(35)29(2)22(6-8-30(23,29)38)19-15-26(36)39-18-19/h15,20-25,31,35,38H,3-14,16-18H2,1-2H3,(H2,32,33,37)/t20-,21+,22-,23-,24+,25-,28+,29+,30+/m1/s1. The summed E-state index contributed by atoms with van der Waals surface area (Å²) < 4.78 is 5.22. The van der Waals surface area contributed by atoms with E-state index in [9.17, 15) is 19.8 Å². The van der Waals surface area contributed by atoms with E-state index in [1.54, 1.807) is 6.08 Å². The molecule has 2 amide bonds. The van der Waals surface area contributed by atoms with Crippen molar-refractivity contribution >= 4 is 12.0 Å². The smallest absolute Gasteiger partial charge is 0.331 e. The van der Waals surface area contributed by atoms with E-state index in [0.717, 1.165) is 76.8 Å². The number of ether oxygens (including phenoxy) is 1. The number of nitrogens with zero attached hydrogens (tertiary/aromatic N) is 1. The Morgan fingerprint density at radius 2 is 1.92 bits per heavy atom. The van der Waals surface area contributed by atoms with Crippen molar-refractivity contribution in [3.05, 3.63) is 11.6 Å². The number of nitrogens with one attached hydrogen (secondary N) is 3. The minimum Gasteiger partial charge on any atom is -0.458 e. The number of hydrogen-bond acceptors (Lipinski definition) is 7. The van der Waals surface area contributed by atoms with Gasteiger partial charge in [0.25, 0.3) is 0 Å². The molecule has 9 nitrogen and oxygen atoms in total. The average molecular weight is 545 g/mol. The summed E-state index contributed by atoms with van der Waals surface area (Å²) in [6.07, 6.45) is 8.00. The second-order valence-corrected chi connectivity index (χ2v) is 13.8. The maximum Gasteiger partial charge on any atom is 0.331 e. The van der Waals surface area contributed by atoms with E-state index in [2.05, 4.69) is 34.7 Å². The summed E-state index contributed by atoms with van der Waals surface area (Å²) >= 11 is 0. The number of carbonyl (C=O) groups excluding carboxylic acids is 2. The van der Waals surface area contributed by atoms with Crippen molar-refractivity contribution in [3.8, 4) is 0 Å². The number of hydrogen-bond donors (Lipinski definition) is 5. The Labute approximate surface area is 232 Å². The summed E-state index contributed by atoms with van der Waals surface area (Å²) in [7, 11) is 0. The molecule has 0 aromatic rings. The number of cyclic esters (lactones) is 1. The van der Waals surface area contributed by atoms with E-state index < -0.39 is 17.1 Å². The Hall–Kier alpha value is -1.68. The maximum absolute atomic E-state index is 12.7. The van der Waals surface area contributed by atoms with Crippen LogP contribution in [-0.4, -0.2) is 90.7 Å². The van der Waals surface area contributed by atoms with Crippen molar-refractivity contribution < 1.29 is 24.5 Å². The molecule has 2 heterocycles. The van der Waals surface area contributed by atoms with Gasteiger partial charge in [0.2, 0.25) is 0 Å². The van der Waals surface area contributed by atoms with Gasteiger partial charge in [0.15, 0.2) is 0 Å². The molecule has 0 unspecified atom stereocenters. The number of esters is 1. The van der Waals surface area contributed by atoms with E-state index in [1.165, 1.54) is 0 Å². The highest BCUT2D eigenvalue weighted by molar-refractivity contribution is 5.85. The zero-order valence-corrected chi connectivity index (χ0v) is 23.7. The highest BCUT2D eigenvalue weighted by atomic mass is 16.5. The molecule has 5 N–H and O–H groups in total. The van der Waals surface area contributed by atoms with E-state index in [0.29, 0.717) is 25.3 Å². The minimum atomic E-state index is -0.945. The first-order valence-corrected chi connectivity index (χ1v) is 15.4. The molecular formula is C30H48N4O5. The summed E-state index contributed by atoms with van der Waals surface area (Å²) in [5, 5.41) is 33.8. The Morgan fingerprint density at radius 1 is 1.13 bits per heavy atom. The zero-order valence-electron chi connectivity index (χ0n) is 23.7. The number of aliphatic hydroxyl groups excluding tert-OH is 1. The molecule has 6 rings (SSSR count). The van der Waals surface area contributed by atoms with Crippen LogP contribution in [0.2, 0.25) is 0 Å². The highest BCUT2D eigenvalue weighted by Gasteiger charge is 2.70. The quantitative estimate of drug-likeness (QED) is 0.335. The van der Waals surface area contributed by atoms with E-state index in [1.807, 2.05) is 0 Å². The predicted molar refractivity (Wildman–Crippen MR) is 147 cm³/mol. The third-order valence-electron chi connectivity index (χ3n) is 12.3. The number of carbonyl (C=O) groups is 2. The van der Waals surface area contributed by atoms with Crippen LogP contribution in [0.25, 0.3) is 0 Å². The first kappa shape index (κ1) is 27.5. The SMILES string of the molecule is C[C@]12CC[C@H](NC(=O)NCCN3CCNCC3)C[C@H]1CC[C@@H]1[C@@H]2C[C@@H](O)[C@]2(C)[C@@H](C3=CC(=O)OC3)CC[C@]12O. The third-order valence-corrected chi connectivity index (χ3v) is 12.3. The molecule has 218 valence electrons. The summed E-state index contributed by atoms with van der Waals surface area (Å²) in [5.41, 5.74) is -0.631. The van der Waals surface area contributed by atoms with Crippen LogP contribution in [0, 0.1) is 34.5 Å². The van der Waals surface area contributed by atoms with Crippen LogP contribution in [-0.2, 0) is 9.53 Å². The molecule has 9 heteroatoms. The lowest BCUT2D eigenvalue weighted by Gasteiger charge is -2.65. The van der Waals surface area contributed by atoms with Gasteiger partial charge in [-0.05, 0) is 86.0 Å². The number of rotatable bonds is 5. The number of piperazine rings is 1. The van der Waals surface area contributed by atoms with Gasteiger partial charge in [-0.25, -0.2) is 9.59 Å². The van der Waals surface area contributed by atoms with Gasteiger partial charge in [-0.15, -0.1) is 0 Å². The van der Waals surface area contributed by atoms with Crippen LogP contribution in [0.5, 0.6) is 0 Å². The van der Waals surface area contributed by atoms with Crippen LogP contribution in [0.3, 0.4) is 0 Å². The van der Waals surface area contributed by atoms with E-state index in [4.69, 9.17) is 4.74 Å². The van der Waals surface area contributed by atoms with Crippen LogP contribution >= 0.6 is 0 Å². The molecule has 0 aromatic heterocycles. The molecule has 0 bridgehead atoms. The zero-order chi connectivity index (χ0) is 27.4. The molecule has 5 fully saturated rings. The van der Waals surface area contributed by atoms with Gasteiger partial charge >= 0.3 is 12.0 Å². The number of fused-ring (bicyclic) bond motifs is 5. The monoisotopic (exact) mass is 544 g/mol. The lowest BCUT2D eigenvalue weighted by Crippen LogP contribution is -2.67. The van der Waals surface area contributed by atoms with Crippen LogP contribution in [0.15, 0.2) is 11.6 Å². The fourth-order valence-electron chi connectivity index (χ4n) is 10.0. The summed E-state index contributed by atoms with van der Waals surface area (Å²) in [5.74, 6) is 0.541. The summed E-state index contributed by atoms with van der Waals surface area (Å²) in [4.78, 5) is 26.9. The molecule has 1 saturated heterocycles. The molecule has 39 heavy (non-hydrogen) atoms. The Balaban J connectivity index is 1.09. The van der Waals surface area contributed by atoms with Crippen molar-refractivity contribution in [2.45, 2.75) is 83.0 Å². The van der Waals surface area contributed by atoms with Crippen LogP contribution in [0.1, 0.15) is 65.2 Å². The topological polar surface area (TPSA) is 123 Å². The Morgan fingerprint density at radius 3 is 2.67 bits per heavy atom. The maximum atomic E-state index is 12.7. The van der Waals surface area contributed by atoms with Gasteiger partial charge < -0.3 is 30.9 Å². The van der Waals surface area contributed by atoms with Crippen molar-refractivity contribution in [1.82, 2.24) is 20.9 Å². The lowest BCUT2D eigenvalue weighted by molar-refractivity contribution is -0.242. The molecule has 0 spiro atoms. The van der Waals surface area contributed by atoms with Gasteiger partial charge in [-0.2, -0.15) is 0 Å². The van der Waals surface area contributed by atoms with Crippen LogP contribution < -0.4 is 16.0 Å². The van der Waals surface area contributed by atoms with E-state index >= 15 is 0 Å². The number of urea groups is 1. The van der Waals surface area contributed by atoms with Crippen molar-refractivity contribution in [2.75, 3.05) is 45.9 Å². The van der Waals surface area contributed by atoms with E-state index in [-0.39, 0.29) is 47.8 Å². The summed E-state index contributed by atoms with van der Waals surface area (Å²) in [6, 6.07) is 0.106. The van der Waals surface area contributed by atoms with Gasteiger partial charge in [0.1, 0.15) is 6.61 Å². The fraction of sp³-hybridized carbons (Fsp3) is 0.867. The third kappa shape index (κ3) is 4.52. The Kier molecular flexibility index (Phi) is 7.26. The molecule has 2 aliphatic heterocycles. The van der Waals surface area contributed by atoms with Crippen LogP contribution in [0.4, 0.5) is 4.79 Å². The van der Waals surface area contributed by atoms with Crippen molar-refractivity contribution in [2.24, 2.45) is 34.5 Å². The van der Waals surface area contributed by atoms with Crippen molar-refractivity contribution in [1.29, 1.82) is 0 Å². The van der Waals surface area contributed by atoms with Crippen molar-refractivity contribution in [3.63, 3.8) is 0 Å². The normalized spacial score (nSPS) is 45.9. The van der Waals surface area contributed by atoms with Gasteiger partial charge in [0, 0.05) is 56.8 Å². The second-order valence-electron chi connectivity index (χ2n) is 13.8. The molecule has 9 atom stereocenters. The lowest BCUT2D eigenvalue weighted by atomic mass is 9.42. The minimum absolute atomic E-state index is 0.0274. The first-order chi connectivity index (χ1) is 18.6. The second kappa shape index (κ2) is 10.3. The Bertz CT molecular complexity index is 1000. The predicted octanol–water partition coefficient (Wildman–Crippen LogP) is 1.79. The molecule has 0 aromatic carbocycles. The first-order valence-electron chi connectivity index (χ1n) is 15.4. The molecule has 4 aliphatic carbocycles. The molecule has 0 radical (unpaired) electrons. The average Bonchev–Trinajstić information content (AvgIpc) is 3.46. The number of aliphatic hydroxyl groups is 2. The largest absolute Gasteiger partial charge is 0.458 e. The summed E-state index contributed by atoms with van der Waals surface area (Å²) in [6.45, 7) is 10.4.